The predicted octanol–water partition coefficient (Wildman–Crippen LogP) is 2.92. The molecule has 0 radical (unpaired) electrons. The fraction of sp³-hybridized carbons (Fsp3) is 0.385. The molecular weight excluding hydrogens is 172 g/mol. The van der Waals surface area contributed by atoms with E-state index >= 15 is 0 Å². The van der Waals surface area contributed by atoms with Crippen molar-refractivity contribution < 1.29 is 5.11 Å². The van der Waals surface area contributed by atoms with Crippen LogP contribution in [0, 0.1) is 6.92 Å². The van der Waals surface area contributed by atoms with Crippen LogP contribution in [0.2, 0.25) is 0 Å². The molecule has 0 bridgehead atoms. The number of hydrogen-bond acceptors (Lipinski definition) is 1. The molecule has 0 fully saturated rings. The monoisotopic (exact) mass is 188 g/mol. The second-order valence-corrected chi connectivity index (χ2v) is 4.08. The quantitative estimate of drug-likeness (QED) is 0.672. The molecule has 1 N–H and O–H groups in total. The second kappa shape index (κ2) is 3.58. The van der Waals surface area contributed by atoms with E-state index in [1.54, 1.807) is 0 Å². The molecule has 1 aromatic rings. The summed E-state index contributed by atoms with van der Waals surface area (Å²) >= 11 is 0. The molecule has 0 heterocycles. The van der Waals surface area contributed by atoms with Crippen molar-refractivity contribution >= 4 is 0 Å². The van der Waals surface area contributed by atoms with Crippen LogP contribution in [-0.2, 0) is 5.60 Å². The van der Waals surface area contributed by atoms with Crippen molar-refractivity contribution in [2.75, 3.05) is 0 Å². The zero-order valence-electron chi connectivity index (χ0n) is 8.53. The van der Waals surface area contributed by atoms with Crippen molar-refractivity contribution in [3.63, 3.8) is 0 Å². The first-order chi connectivity index (χ1) is 6.71. The van der Waals surface area contributed by atoms with Gasteiger partial charge in [0.1, 0.15) is 5.60 Å². The Morgan fingerprint density at radius 1 is 1.21 bits per heavy atom. The average molecular weight is 188 g/mol. The molecule has 0 aliphatic heterocycles. The van der Waals surface area contributed by atoms with Crippen molar-refractivity contribution in [1.82, 2.24) is 0 Å². The maximum absolute atomic E-state index is 10.3. The highest BCUT2D eigenvalue weighted by Gasteiger charge is 2.26. The van der Waals surface area contributed by atoms with Gasteiger partial charge in [0.25, 0.3) is 0 Å². The van der Waals surface area contributed by atoms with Crippen LogP contribution in [-0.4, -0.2) is 5.11 Å². The number of benzene rings is 1. The Hall–Kier alpha value is -1.08. The molecule has 1 aromatic carbocycles. The Labute approximate surface area is 85.1 Å². The smallest absolute Gasteiger partial charge is 0.108 e. The molecule has 1 aliphatic rings. The molecule has 2 rings (SSSR count). The van der Waals surface area contributed by atoms with Crippen molar-refractivity contribution in [2.45, 2.75) is 31.8 Å². The molecule has 0 saturated heterocycles. The van der Waals surface area contributed by atoms with Gasteiger partial charge in [0.05, 0.1) is 0 Å². The third-order valence-electron chi connectivity index (χ3n) is 2.87. The Kier molecular flexibility index (Phi) is 2.42. The van der Waals surface area contributed by atoms with E-state index in [9.17, 15) is 5.11 Å². The fourth-order valence-corrected chi connectivity index (χ4v) is 1.93. The van der Waals surface area contributed by atoms with Crippen LogP contribution >= 0.6 is 0 Å². The number of allylic oxidation sites excluding steroid dienone is 1. The topological polar surface area (TPSA) is 20.2 Å². The predicted molar refractivity (Wildman–Crippen MR) is 58.1 cm³/mol. The highest BCUT2D eigenvalue weighted by molar-refractivity contribution is 5.30. The van der Waals surface area contributed by atoms with E-state index in [4.69, 9.17) is 0 Å². The maximum Gasteiger partial charge on any atom is 0.108 e. The first-order valence-corrected chi connectivity index (χ1v) is 5.18. The zero-order valence-corrected chi connectivity index (χ0v) is 8.53. The number of aliphatic hydroxyl groups is 1. The highest BCUT2D eigenvalue weighted by Crippen LogP contribution is 2.32. The van der Waals surface area contributed by atoms with E-state index in [1.807, 2.05) is 18.2 Å². The summed E-state index contributed by atoms with van der Waals surface area (Å²) in [6, 6.07) is 8.14. The molecular formula is C13H16O. The van der Waals surface area contributed by atoms with Gasteiger partial charge in [-0.25, -0.2) is 0 Å². The summed E-state index contributed by atoms with van der Waals surface area (Å²) < 4.78 is 0. The third-order valence-corrected chi connectivity index (χ3v) is 2.87. The van der Waals surface area contributed by atoms with E-state index in [1.165, 1.54) is 5.56 Å². The lowest BCUT2D eigenvalue weighted by Crippen LogP contribution is -2.24. The molecule has 1 heteroatoms. The van der Waals surface area contributed by atoms with Crippen molar-refractivity contribution in [3.8, 4) is 0 Å². The molecule has 0 saturated carbocycles. The number of rotatable bonds is 1. The van der Waals surface area contributed by atoms with Gasteiger partial charge in [0.15, 0.2) is 0 Å². The lowest BCUT2D eigenvalue weighted by atomic mass is 9.84. The normalized spacial score (nSPS) is 26.4. The first-order valence-electron chi connectivity index (χ1n) is 5.18. The van der Waals surface area contributed by atoms with Crippen molar-refractivity contribution in [1.29, 1.82) is 0 Å². The van der Waals surface area contributed by atoms with Crippen molar-refractivity contribution in [3.05, 3.63) is 47.5 Å². The molecule has 14 heavy (non-hydrogen) atoms. The Morgan fingerprint density at radius 2 is 1.93 bits per heavy atom. The van der Waals surface area contributed by atoms with Crippen LogP contribution in [0.5, 0.6) is 0 Å². The summed E-state index contributed by atoms with van der Waals surface area (Å²) in [4.78, 5) is 0. The third kappa shape index (κ3) is 1.73. The van der Waals surface area contributed by atoms with E-state index in [0.29, 0.717) is 0 Å². The SMILES string of the molecule is Cc1ccc(C2(O)C=CCCC2)cc1. The zero-order chi connectivity index (χ0) is 10.0. The van der Waals surface area contributed by atoms with Gasteiger partial charge >= 0.3 is 0 Å². The molecule has 74 valence electrons. The largest absolute Gasteiger partial charge is 0.381 e. The minimum absolute atomic E-state index is 0.716. The van der Waals surface area contributed by atoms with Crippen LogP contribution in [0.3, 0.4) is 0 Å². The summed E-state index contributed by atoms with van der Waals surface area (Å²) in [5, 5.41) is 10.3. The summed E-state index contributed by atoms with van der Waals surface area (Å²) in [6.07, 6.45) is 7.01. The minimum Gasteiger partial charge on any atom is -0.381 e. The molecule has 1 unspecified atom stereocenters. The Balaban J connectivity index is 2.33. The van der Waals surface area contributed by atoms with Gasteiger partial charge in [0, 0.05) is 0 Å². The minimum atomic E-state index is -0.716. The summed E-state index contributed by atoms with van der Waals surface area (Å²) in [6.45, 7) is 2.06. The summed E-state index contributed by atoms with van der Waals surface area (Å²) in [7, 11) is 0. The summed E-state index contributed by atoms with van der Waals surface area (Å²) in [5.74, 6) is 0. The standard InChI is InChI=1S/C13H16O/c1-11-5-7-12(8-6-11)13(14)9-3-2-4-10-13/h3,5-9,14H,2,4,10H2,1H3. The molecule has 0 amide bonds. The Bertz CT molecular complexity index is 337. The van der Waals surface area contributed by atoms with Gasteiger partial charge in [-0.2, -0.15) is 0 Å². The lowest BCUT2D eigenvalue weighted by Gasteiger charge is -2.28. The molecule has 0 spiro atoms. The molecule has 0 aromatic heterocycles. The van der Waals surface area contributed by atoms with Crippen LogP contribution < -0.4 is 0 Å². The van der Waals surface area contributed by atoms with Crippen molar-refractivity contribution in [2.24, 2.45) is 0 Å². The highest BCUT2D eigenvalue weighted by atomic mass is 16.3. The first kappa shape index (κ1) is 9.47. The van der Waals surface area contributed by atoms with Gasteiger partial charge in [-0.1, -0.05) is 42.0 Å². The van der Waals surface area contributed by atoms with Gasteiger partial charge in [0.2, 0.25) is 0 Å². The molecule has 1 atom stereocenters. The molecule has 1 aliphatic carbocycles. The van der Waals surface area contributed by atoms with Gasteiger partial charge in [-0.3, -0.25) is 0 Å². The van der Waals surface area contributed by atoms with E-state index in [0.717, 1.165) is 24.8 Å². The molecule has 1 nitrogen and oxygen atoms in total. The van der Waals surface area contributed by atoms with Gasteiger partial charge in [-0.05, 0) is 31.7 Å². The van der Waals surface area contributed by atoms with Gasteiger partial charge in [-0.15, -0.1) is 0 Å². The van der Waals surface area contributed by atoms with Crippen LogP contribution in [0.15, 0.2) is 36.4 Å². The average Bonchev–Trinajstić information content (AvgIpc) is 2.19. The van der Waals surface area contributed by atoms with Crippen LogP contribution in [0.25, 0.3) is 0 Å². The lowest BCUT2D eigenvalue weighted by molar-refractivity contribution is 0.0726. The maximum atomic E-state index is 10.3. The number of hydrogen-bond donors (Lipinski definition) is 1. The van der Waals surface area contributed by atoms with Crippen LogP contribution in [0.4, 0.5) is 0 Å². The number of aryl methyl sites for hydroxylation is 1. The summed E-state index contributed by atoms with van der Waals surface area (Å²) in [5.41, 5.74) is 1.53. The fourth-order valence-electron chi connectivity index (χ4n) is 1.93. The van der Waals surface area contributed by atoms with Crippen LogP contribution in [0.1, 0.15) is 30.4 Å². The van der Waals surface area contributed by atoms with Gasteiger partial charge < -0.3 is 5.11 Å². The second-order valence-electron chi connectivity index (χ2n) is 4.08. The van der Waals surface area contributed by atoms with E-state index in [2.05, 4.69) is 25.1 Å². The van der Waals surface area contributed by atoms with E-state index in [-0.39, 0.29) is 0 Å². The Morgan fingerprint density at radius 3 is 2.50 bits per heavy atom. The van der Waals surface area contributed by atoms with E-state index < -0.39 is 5.60 Å².